The highest BCUT2D eigenvalue weighted by atomic mass is 28.4. The molecular weight excluding hydrogens is 581 g/mol. The number of hydrogen-bond donors (Lipinski definition) is 1. The number of alkyl halides is 3. The number of amides is 1. The van der Waals surface area contributed by atoms with E-state index in [9.17, 15) is 18.0 Å². The summed E-state index contributed by atoms with van der Waals surface area (Å²) in [4.78, 5) is 20.9. The third kappa shape index (κ3) is 6.06. The predicted molar refractivity (Wildman–Crippen MR) is 171 cm³/mol. The zero-order valence-corrected chi connectivity index (χ0v) is 28.5. The molecule has 10 heteroatoms. The van der Waals surface area contributed by atoms with Crippen LogP contribution in [-0.2, 0) is 21.1 Å². The quantitative estimate of drug-likeness (QED) is 0.294. The Hall–Kier alpha value is -2.43. The van der Waals surface area contributed by atoms with Gasteiger partial charge in [-0.25, -0.2) is 0 Å². The Morgan fingerprint density at radius 3 is 2.39 bits per heavy atom. The van der Waals surface area contributed by atoms with Crippen molar-refractivity contribution in [1.29, 1.82) is 0 Å². The van der Waals surface area contributed by atoms with Crippen LogP contribution >= 0.6 is 0 Å². The Morgan fingerprint density at radius 1 is 1.16 bits per heavy atom. The van der Waals surface area contributed by atoms with Gasteiger partial charge in [-0.05, 0) is 67.1 Å². The molecular formula is C34H49F3N4O2Si. The molecule has 1 saturated carbocycles. The van der Waals surface area contributed by atoms with Gasteiger partial charge in [0.15, 0.2) is 14.4 Å². The monoisotopic (exact) mass is 630 g/mol. The Morgan fingerprint density at radius 2 is 1.84 bits per heavy atom. The molecule has 0 bridgehead atoms. The average molecular weight is 631 g/mol. The van der Waals surface area contributed by atoms with Gasteiger partial charge in [0.1, 0.15) is 0 Å². The summed E-state index contributed by atoms with van der Waals surface area (Å²) in [7, 11) is -0.578. The van der Waals surface area contributed by atoms with E-state index in [0.717, 1.165) is 30.8 Å². The van der Waals surface area contributed by atoms with E-state index < -0.39 is 32.4 Å². The van der Waals surface area contributed by atoms with Crippen molar-refractivity contribution in [2.24, 2.45) is 5.92 Å². The van der Waals surface area contributed by atoms with Gasteiger partial charge in [-0.15, -0.1) is 0 Å². The fraction of sp³-hybridized carbons (Fsp3) is 0.647. The summed E-state index contributed by atoms with van der Waals surface area (Å²) in [5.41, 5.74) is 2.84. The second-order valence-corrected chi connectivity index (χ2v) is 20.1. The number of nitrogens with zero attached hydrogens (tertiary/aromatic N) is 3. The third-order valence-electron chi connectivity index (χ3n) is 11.2. The lowest BCUT2D eigenvalue weighted by atomic mass is 9.61. The fourth-order valence-corrected chi connectivity index (χ4v) is 8.17. The minimum Gasteiger partial charge on any atom is -0.416 e. The van der Waals surface area contributed by atoms with E-state index in [1.54, 1.807) is 6.07 Å². The summed E-state index contributed by atoms with van der Waals surface area (Å²) in [6.45, 7) is 17.9. The molecule has 5 rings (SSSR count). The van der Waals surface area contributed by atoms with Crippen molar-refractivity contribution in [2.75, 3.05) is 32.1 Å². The number of carbonyl (C=O) groups excluding carboxylic acids is 1. The van der Waals surface area contributed by atoms with Crippen LogP contribution in [0.4, 0.5) is 18.9 Å². The molecule has 242 valence electrons. The SMILES string of the molecule is CN(C(=O)C1CC2(CCN2CCO[Si](C)(C)C(C)(C)C)C1)[C@@H](c1ccc(NC2Cc3ccccc3C2(C)C)cn1)C(F)(F)F. The second kappa shape index (κ2) is 11.4. The van der Waals surface area contributed by atoms with Gasteiger partial charge in [-0.2, -0.15) is 13.2 Å². The van der Waals surface area contributed by atoms with Crippen LogP contribution in [0.1, 0.15) is 76.7 Å². The van der Waals surface area contributed by atoms with E-state index in [0.29, 0.717) is 25.1 Å². The molecule has 3 aliphatic rings. The molecule has 1 spiro atoms. The van der Waals surface area contributed by atoms with E-state index in [1.807, 2.05) is 12.1 Å². The van der Waals surface area contributed by atoms with Gasteiger partial charge in [0.25, 0.3) is 0 Å². The number of hydrogen-bond acceptors (Lipinski definition) is 5. The van der Waals surface area contributed by atoms with Crippen LogP contribution in [-0.4, -0.2) is 73.5 Å². The lowest BCUT2D eigenvalue weighted by Gasteiger charge is -2.62. The Balaban J connectivity index is 1.19. The van der Waals surface area contributed by atoms with Crippen LogP contribution in [0.3, 0.4) is 0 Å². The topological polar surface area (TPSA) is 57.7 Å². The maximum Gasteiger partial charge on any atom is 0.414 e. The van der Waals surface area contributed by atoms with E-state index in [1.165, 1.54) is 30.4 Å². The van der Waals surface area contributed by atoms with Crippen LogP contribution in [0.2, 0.25) is 18.1 Å². The van der Waals surface area contributed by atoms with Crippen LogP contribution in [0.5, 0.6) is 0 Å². The molecule has 1 aromatic carbocycles. The van der Waals surface area contributed by atoms with Crippen LogP contribution < -0.4 is 5.32 Å². The molecule has 1 unspecified atom stereocenters. The summed E-state index contributed by atoms with van der Waals surface area (Å²) in [6, 6.07) is 9.36. The summed E-state index contributed by atoms with van der Waals surface area (Å²) in [6.07, 6.45) is -0.193. The molecule has 2 heterocycles. The Kier molecular flexibility index (Phi) is 8.55. The summed E-state index contributed by atoms with van der Waals surface area (Å²) >= 11 is 0. The summed E-state index contributed by atoms with van der Waals surface area (Å²) in [5.74, 6) is -0.877. The van der Waals surface area contributed by atoms with Crippen molar-refractivity contribution in [1.82, 2.24) is 14.8 Å². The smallest absolute Gasteiger partial charge is 0.414 e. The highest BCUT2D eigenvalue weighted by Crippen LogP contribution is 2.52. The van der Waals surface area contributed by atoms with Gasteiger partial charge in [0.2, 0.25) is 5.91 Å². The molecule has 0 radical (unpaired) electrons. The number of halogens is 3. The Bertz CT molecular complexity index is 1350. The number of likely N-dealkylation sites (tertiary alicyclic amines) is 1. The zero-order chi connectivity index (χ0) is 32.3. The van der Waals surface area contributed by atoms with Gasteiger partial charge >= 0.3 is 6.18 Å². The molecule has 44 heavy (non-hydrogen) atoms. The zero-order valence-electron chi connectivity index (χ0n) is 27.5. The largest absolute Gasteiger partial charge is 0.416 e. The molecule has 1 amide bonds. The van der Waals surface area contributed by atoms with Crippen molar-refractivity contribution in [3.05, 3.63) is 59.4 Å². The fourth-order valence-electron chi connectivity index (χ4n) is 7.13. The third-order valence-corrected chi connectivity index (χ3v) is 15.7. The first-order valence-electron chi connectivity index (χ1n) is 15.9. The number of nitrogens with one attached hydrogen (secondary N) is 1. The molecule has 2 fully saturated rings. The number of pyridine rings is 1. The van der Waals surface area contributed by atoms with E-state index in [4.69, 9.17) is 4.43 Å². The van der Waals surface area contributed by atoms with Crippen molar-refractivity contribution in [2.45, 2.75) is 108 Å². The van der Waals surface area contributed by atoms with Crippen molar-refractivity contribution in [3.63, 3.8) is 0 Å². The molecule has 2 aliphatic carbocycles. The standard InChI is InChI=1S/C34H49F3N4O2Si/c1-31(2,3)44(7,8)43-18-17-41-16-15-33(41)20-24(21-33)30(42)40(6)29(34(35,36)37)27-14-13-25(22-38-27)39-28-19-23-11-9-10-12-26(23)32(28,4)5/h9-14,22,24,28-29,39H,15-21H2,1-8H3/t24?,28?,29-,33?/m0/s1. The Labute approximate surface area is 261 Å². The molecule has 1 aromatic heterocycles. The number of anilines is 1. The number of aromatic nitrogens is 1. The number of rotatable bonds is 9. The molecule has 1 saturated heterocycles. The summed E-state index contributed by atoms with van der Waals surface area (Å²) < 4.78 is 49.6. The summed E-state index contributed by atoms with van der Waals surface area (Å²) in [5, 5.41) is 3.63. The van der Waals surface area contributed by atoms with Crippen molar-refractivity contribution >= 4 is 19.9 Å². The first kappa shape index (κ1) is 32.9. The van der Waals surface area contributed by atoms with E-state index in [-0.39, 0.29) is 27.7 Å². The van der Waals surface area contributed by atoms with Gasteiger partial charge in [-0.1, -0.05) is 58.9 Å². The van der Waals surface area contributed by atoms with Gasteiger partial charge < -0.3 is 14.6 Å². The lowest BCUT2D eigenvalue weighted by molar-refractivity contribution is -0.197. The van der Waals surface area contributed by atoms with Crippen LogP contribution in [0, 0.1) is 5.92 Å². The first-order valence-corrected chi connectivity index (χ1v) is 18.8. The van der Waals surface area contributed by atoms with Crippen molar-refractivity contribution < 1.29 is 22.4 Å². The first-order chi connectivity index (χ1) is 20.4. The maximum absolute atomic E-state index is 14.4. The predicted octanol–water partition coefficient (Wildman–Crippen LogP) is 7.33. The molecule has 1 N–H and O–H groups in total. The van der Waals surface area contributed by atoms with Gasteiger partial charge in [-0.3, -0.25) is 14.7 Å². The van der Waals surface area contributed by atoms with Gasteiger partial charge in [0, 0.05) is 49.7 Å². The molecule has 2 atom stereocenters. The van der Waals surface area contributed by atoms with E-state index in [2.05, 4.69) is 75.0 Å². The number of benzene rings is 1. The van der Waals surface area contributed by atoms with Gasteiger partial charge in [0.05, 0.1) is 17.6 Å². The van der Waals surface area contributed by atoms with Crippen LogP contribution in [0.15, 0.2) is 42.6 Å². The minimum absolute atomic E-state index is 0.0784. The molecule has 1 aliphatic heterocycles. The average Bonchev–Trinajstić information content (AvgIpc) is 3.14. The highest BCUT2D eigenvalue weighted by Gasteiger charge is 2.57. The minimum atomic E-state index is -4.65. The molecule has 2 aromatic rings. The van der Waals surface area contributed by atoms with E-state index >= 15 is 0 Å². The highest BCUT2D eigenvalue weighted by molar-refractivity contribution is 6.74. The molecule has 6 nitrogen and oxygen atoms in total. The second-order valence-electron chi connectivity index (χ2n) is 15.3. The lowest BCUT2D eigenvalue weighted by Crippen LogP contribution is -2.68. The van der Waals surface area contributed by atoms with Crippen LogP contribution in [0.25, 0.3) is 0 Å². The number of carbonyl (C=O) groups is 1. The number of fused-ring (bicyclic) bond motifs is 1. The van der Waals surface area contributed by atoms with Crippen molar-refractivity contribution in [3.8, 4) is 0 Å². The normalized spacial score (nSPS) is 25.6. The maximum atomic E-state index is 14.4.